The van der Waals surface area contributed by atoms with Gasteiger partial charge < -0.3 is 14.7 Å². The number of benzene rings is 3. The van der Waals surface area contributed by atoms with Gasteiger partial charge in [-0.15, -0.1) is 0 Å². The minimum Gasteiger partial charge on any atom is -0.496 e. The maximum Gasteiger partial charge on any atom is 0.419 e. The van der Waals surface area contributed by atoms with E-state index in [1.54, 1.807) is 0 Å². The summed E-state index contributed by atoms with van der Waals surface area (Å²) in [4.78, 5) is 25.8. The lowest BCUT2D eigenvalue weighted by Crippen LogP contribution is -2.42. The van der Waals surface area contributed by atoms with Crippen LogP contribution in [0.1, 0.15) is 23.1 Å². The molecule has 5 nitrogen and oxygen atoms in total. The molecule has 194 valence electrons. The van der Waals surface area contributed by atoms with E-state index in [1.165, 1.54) is 19.2 Å². The first-order valence-electron chi connectivity index (χ1n) is 10.9. The van der Waals surface area contributed by atoms with Gasteiger partial charge in [0.2, 0.25) is 5.91 Å². The Bertz CT molecular complexity index is 1390. The Kier molecular flexibility index (Phi) is 6.90. The zero-order valence-corrected chi connectivity index (χ0v) is 19.2. The summed E-state index contributed by atoms with van der Waals surface area (Å²) in [5, 5.41) is 9.29. The van der Waals surface area contributed by atoms with Crippen LogP contribution in [-0.2, 0) is 28.7 Å². The molecule has 1 N–H and O–H groups in total. The van der Waals surface area contributed by atoms with Crippen LogP contribution in [0.2, 0.25) is 0 Å². The average Bonchev–Trinajstić information content (AvgIpc) is 2.81. The smallest absolute Gasteiger partial charge is 0.419 e. The molecule has 0 fully saturated rings. The molecule has 0 bridgehead atoms. The van der Waals surface area contributed by atoms with E-state index in [-0.39, 0.29) is 41.1 Å². The third-order valence-electron chi connectivity index (χ3n) is 6.12. The van der Waals surface area contributed by atoms with E-state index in [1.807, 2.05) is 0 Å². The predicted molar refractivity (Wildman–Crippen MR) is 120 cm³/mol. The van der Waals surface area contributed by atoms with Crippen LogP contribution in [0.4, 0.5) is 32.0 Å². The molecule has 3 aromatic carbocycles. The van der Waals surface area contributed by atoms with Crippen molar-refractivity contribution in [2.45, 2.75) is 25.6 Å². The number of rotatable bonds is 6. The fraction of sp³-hybridized carbons (Fsp3) is 0.231. The maximum atomic E-state index is 14.4. The summed E-state index contributed by atoms with van der Waals surface area (Å²) in [6.07, 6.45) is -5.46. The summed E-state index contributed by atoms with van der Waals surface area (Å²) < 4.78 is 86.5. The van der Waals surface area contributed by atoms with Gasteiger partial charge in [-0.05, 0) is 41.8 Å². The maximum absolute atomic E-state index is 14.4. The van der Waals surface area contributed by atoms with Crippen LogP contribution in [0.15, 0.2) is 48.5 Å². The number of carbonyl (C=O) groups is 2. The lowest BCUT2D eigenvalue weighted by molar-refractivity contribution is -0.141. The number of anilines is 1. The van der Waals surface area contributed by atoms with Gasteiger partial charge in [0.1, 0.15) is 23.2 Å². The van der Waals surface area contributed by atoms with Gasteiger partial charge in [0.15, 0.2) is 0 Å². The van der Waals surface area contributed by atoms with Crippen molar-refractivity contribution in [3.63, 3.8) is 0 Å². The fourth-order valence-corrected chi connectivity index (χ4v) is 4.38. The number of ether oxygens (including phenoxy) is 1. The first-order chi connectivity index (χ1) is 17.4. The molecule has 11 heteroatoms. The molecule has 1 aliphatic heterocycles. The third kappa shape index (κ3) is 5.25. The highest BCUT2D eigenvalue weighted by Crippen LogP contribution is 2.42. The monoisotopic (exact) mass is 523 g/mol. The molecule has 0 saturated carbocycles. The van der Waals surface area contributed by atoms with Crippen molar-refractivity contribution in [2.24, 2.45) is 5.92 Å². The number of carboxylic acid groups (broad SMARTS) is 1. The number of carboxylic acids is 1. The molecule has 1 unspecified atom stereocenters. The van der Waals surface area contributed by atoms with Gasteiger partial charge in [-0.25, -0.2) is 13.2 Å². The molecule has 1 aliphatic rings. The Labute approximate surface area is 206 Å². The van der Waals surface area contributed by atoms with Crippen LogP contribution >= 0.6 is 0 Å². The summed E-state index contributed by atoms with van der Waals surface area (Å²) in [5.74, 6) is -5.99. The van der Waals surface area contributed by atoms with Crippen LogP contribution in [0.25, 0.3) is 11.1 Å². The number of methoxy groups -OCH3 is 1. The number of halogens is 6. The number of aliphatic carboxylic acids is 1. The summed E-state index contributed by atoms with van der Waals surface area (Å²) in [5.41, 5.74) is -0.511. The third-order valence-corrected chi connectivity index (χ3v) is 6.12. The zero-order chi connectivity index (χ0) is 27.1. The summed E-state index contributed by atoms with van der Waals surface area (Å²) in [7, 11) is 1.27. The molecule has 1 amide bonds. The van der Waals surface area contributed by atoms with Crippen molar-refractivity contribution >= 4 is 17.6 Å². The van der Waals surface area contributed by atoms with Crippen molar-refractivity contribution in [3.8, 4) is 16.9 Å². The number of carbonyl (C=O) groups excluding carboxylic acids is 1. The SMILES string of the molecule is COc1cc2c(cc1-c1ccc(C(F)(F)F)c(F)c1)CC(CC(=O)O)C(=O)N2Cc1ccc(F)cc1F. The van der Waals surface area contributed by atoms with Gasteiger partial charge in [-0.2, -0.15) is 13.2 Å². The van der Waals surface area contributed by atoms with Crippen LogP contribution in [0, 0.1) is 23.4 Å². The van der Waals surface area contributed by atoms with Crippen LogP contribution in [0.3, 0.4) is 0 Å². The average molecular weight is 523 g/mol. The van der Waals surface area contributed by atoms with E-state index in [0.29, 0.717) is 23.8 Å². The summed E-state index contributed by atoms with van der Waals surface area (Å²) in [6.45, 7) is -0.342. The molecule has 0 spiro atoms. The molecule has 0 aliphatic carbocycles. The first kappa shape index (κ1) is 26.1. The molecule has 1 heterocycles. The van der Waals surface area contributed by atoms with E-state index in [0.717, 1.165) is 23.1 Å². The van der Waals surface area contributed by atoms with Gasteiger partial charge in [-0.3, -0.25) is 9.59 Å². The highest BCUT2D eigenvalue weighted by molar-refractivity contribution is 6.00. The number of hydrogen-bond acceptors (Lipinski definition) is 3. The Balaban J connectivity index is 1.83. The fourth-order valence-electron chi connectivity index (χ4n) is 4.38. The van der Waals surface area contributed by atoms with Crippen LogP contribution in [-0.4, -0.2) is 24.1 Å². The molecular weight excluding hydrogens is 504 g/mol. The number of amides is 1. The molecular formula is C26H19F6NO4. The molecule has 0 saturated heterocycles. The van der Waals surface area contributed by atoms with Gasteiger partial charge in [0.25, 0.3) is 0 Å². The van der Waals surface area contributed by atoms with Crippen molar-refractivity contribution in [3.05, 3.63) is 82.7 Å². The molecule has 4 rings (SSSR count). The number of alkyl halides is 3. The van der Waals surface area contributed by atoms with Gasteiger partial charge >= 0.3 is 12.1 Å². The van der Waals surface area contributed by atoms with Crippen molar-refractivity contribution in [2.75, 3.05) is 12.0 Å². The zero-order valence-electron chi connectivity index (χ0n) is 19.2. The second kappa shape index (κ2) is 9.79. The summed E-state index contributed by atoms with van der Waals surface area (Å²) >= 11 is 0. The largest absolute Gasteiger partial charge is 0.496 e. The Morgan fingerprint density at radius 2 is 1.78 bits per heavy atom. The minimum absolute atomic E-state index is 0.0236. The standard InChI is InChI=1S/C26H19F6NO4/c1-37-23-11-22-15(7-18(23)13-3-5-19(21(29)8-13)26(30,31)32)6-16(9-24(34)35)25(36)33(22)12-14-2-4-17(27)10-20(14)28/h2-5,7-8,10-11,16H,6,9,12H2,1H3,(H,34,35). The molecule has 0 aromatic heterocycles. The Morgan fingerprint density at radius 3 is 2.38 bits per heavy atom. The second-order valence-electron chi connectivity index (χ2n) is 8.53. The lowest BCUT2D eigenvalue weighted by Gasteiger charge is -2.35. The van der Waals surface area contributed by atoms with Crippen molar-refractivity contribution in [1.82, 2.24) is 0 Å². The Morgan fingerprint density at radius 1 is 1.05 bits per heavy atom. The normalized spacial score (nSPS) is 15.5. The van der Waals surface area contributed by atoms with Crippen molar-refractivity contribution in [1.29, 1.82) is 0 Å². The van der Waals surface area contributed by atoms with Gasteiger partial charge in [0.05, 0.1) is 37.2 Å². The number of hydrogen-bond donors (Lipinski definition) is 1. The minimum atomic E-state index is -4.89. The van der Waals surface area contributed by atoms with E-state index in [4.69, 9.17) is 4.74 Å². The first-order valence-corrected chi connectivity index (χ1v) is 10.9. The van der Waals surface area contributed by atoms with Crippen LogP contribution < -0.4 is 9.64 Å². The van der Waals surface area contributed by atoms with Gasteiger partial charge in [-0.1, -0.05) is 12.1 Å². The van der Waals surface area contributed by atoms with E-state index >= 15 is 0 Å². The van der Waals surface area contributed by atoms with E-state index in [9.17, 15) is 41.0 Å². The Hall–Kier alpha value is -4.02. The highest BCUT2D eigenvalue weighted by Gasteiger charge is 2.37. The van der Waals surface area contributed by atoms with E-state index in [2.05, 4.69) is 0 Å². The number of nitrogens with zero attached hydrogens (tertiary/aromatic N) is 1. The predicted octanol–water partition coefficient (Wildman–Crippen LogP) is 5.98. The summed E-state index contributed by atoms with van der Waals surface area (Å²) in [6, 6.07) is 8.10. The highest BCUT2D eigenvalue weighted by atomic mass is 19.4. The molecule has 37 heavy (non-hydrogen) atoms. The van der Waals surface area contributed by atoms with Crippen molar-refractivity contribution < 1.29 is 45.8 Å². The molecule has 1 atom stereocenters. The van der Waals surface area contributed by atoms with Gasteiger partial charge in [0, 0.05) is 23.3 Å². The topological polar surface area (TPSA) is 66.8 Å². The molecule has 3 aromatic rings. The van der Waals surface area contributed by atoms with Crippen LogP contribution in [0.5, 0.6) is 5.75 Å². The quantitative estimate of drug-likeness (QED) is 0.404. The second-order valence-corrected chi connectivity index (χ2v) is 8.53. The molecule has 0 radical (unpaired) electrons. The lowest BCUT2D eigenvalue weighted by atomic mass is 9.86. The van der Waals surface area contributed by atoms with E-state index < -0.39 is 53.4 Å². The number of fused-ring (bicyclic) bond motifs is 1.